The molecule has 0 spiro atoms. The Labute approximate surface area is 150 Å². The van der Waals surface area contributed by atoms with E-state index < -0.39 is 23.8 Å². The fourth-order valence-electron chi connectivity index (χ4n) is 3.75. The molecule has 0 bridgehead atoms. The van der Waals surface area contributed by atoms with Gasteiger partial charge in [0.25, 0.3) is 11.8 Å². The molecular weight excluding hydrogens is 336 g/mol. The monoisotopic (exact) mass is 356 g/mol. The van der Waals surface area contributed by atoms with Gasteiger partial charge in [-0.1, -0.05) is 0 Å². The van der Waals surface area contributed by atoms with Crippen LogP contribution in [-0.4, -0.2) is 53.7 Å². The molecule has 8 heteroatoms. The third kappa shape index (κ3) is 2.86. The summed E-state index contributed by atoms with van der Waals surface area (Å²) in [6.07, 6.45) is 2.54. The van der Waals surface area contributed by atoms with Crippen LogP contribution in [0.2, 0.25) is 0 Å². The van der Waals surface area contributed by atoms with Gasteiger partial charge in [-0.3, -0.25) is 29.4 Å². The van der Waals surface area contributed by atoms with Crippen LogP contribution in [0.4, 0.5) is 5.69 Å². The second-order valence-corrected chi connectivity index (χ2v) is 6.88. The minimum atomic E-state index is -0.931. The highest BCUT2D eigenvalue weighted by atomic mass is 16.2. The van der Waals surface area contributed by atoms with Crippen molar-refractivity contribution < 1.29 is 19.2 Å². The molecule has 8 nitrogen and oxygen atoms in total. The Morgan fingerprint density at radius 1 is 1.08 bits per heavy atom. The largest absolute Gasteiger partial charge is 0.383 e. The van der Waals surface area contributed by atoms with Gasteiger partial charge in [-0.2, -0.15) is 0 Å². The lowest BCUT2D eigenvalue weighted by Gasteiger charge is -2.27. The maximum Gasteiger partial charge on any atom is 0.262 e. The standard InChI is InChI=1S/C18H20N4O4/c23-15-6-5-14(16(24)21-15)22-17(25)12-4-3-10(8-13(12)18(22)26)20-9-11-2-1-7-19-11/h3-4,8,11,14,19-20H,1-2,5-7,9H2,(H,21,23,24)/t11-,14?/m0/s1. The molecule has 1 aromatic rings. The quantitative estimate of drug-likeness (QED) is 0.668. The van der Waals surface area contributed by atoms with Crippen LogP contribution in [0.3, 0.4) is 0 Å². The number of piperidine rings is 1. The number of imide groups is 2. The van der Waals surface area contributed by atoms with Gasteiger partial charge in [0.2, 0.25) is 11.8 Å². The molecule has 1 unspecified atom stereocenters. The van der Waals surface area contributed by atoms with Crippen LogP contribution in [0.1, 0.15) is 46.4 Å². The SMILES string of the molecule is O=C1CCC(N2C(=O)c3ccc(NC[C@@H]4CCCN4)cc3C2=O)C(=O)N1. The number of benzene rings is 1. The molecule has 3 aliphatic heterocycles. The Morgan fingerprint density at radius 2 is 1.88 bits per heavy atom. The molecule has 4 rings (SSSR count). The lowest BCUT2D eigenvalue weighted by Crippen LogP contribution is -2.54. The van der Waals surface area contributed by atoms with Crippen LogP contribution >= 0.6 is 0 Å². The van der Waals surface area contributed by atoms with Crippen molar-refractivity contribution in [2.75, 3.05) is 18.4 Å². The summed E-state index contributed by atoms with van der Waals surface area (Å²) >= 11 is 0. The summed E-state index contributed by atoms with van der Waals surface area (Å²) in [4.78, 5) is 49.7. The van der Waals surface area contributed by atoms with Gasteiger partial charge in [-0.15, -0.1) is 0 Å². The van der Waals surface area contributed by atoms with Crippen LogP contribution in [0.25, 0.3) is 0 Å². The molecule has 0 aromatic heterocycles. The molecule has 3 aliphatic rings. The number of hydrogen-bond acceptors (Lipinski definition) is 6. The first kappa shape index (κ1) is 16.7. The minimum Gasteiger partial charge on any atom is -0.383 e. The highest BCUT2D eigenvalue weighted by Gasteiger charge is 2.44. The van der Waals surface area contributed by atoms with Crippen molar-refractivity contribution in [3.63, 3.8) is 0 Å². The van der Waals surface area contributed by atoms with Gasteiger partial charge in [-0.25, -0.2) is 0 Å². The molecule has 2 saturated heterocycles. The van der Waals surface area contributed by atoms with Gasteiger partial charge >= 0.3 is 0 Å². The van der Waals surface area contributed by atoms with Crippen molar-refractivity contribution in [1.82, 2.24) is 15.5 Å². The summed E-state index contributed by atoms with van der Waals surface area (Å²) in [5, 5.41) is 8.88. The second-order valence-electron chi connectivity index (χ2n) is 6.88. The van der Waals surface area contributed by atoms with E-state index >= 15 is 0 Å². The zero-order valence-corrected chi connectivity index (χ0v) is 14.2. The van der Waals surface area contributed by atoms with Crippen molar-refractivity contribution in [2.24, 2.45) is 0 Å². The fraction of sp³-hybridized carbons (Fsp3) is 0.444. The lowest BCUT2D eigenvalue weighted by molar-refractivity contribution is -0.136. The van der Waals surface area contributed by atoms with Gasteiger partial charge in [-0.05, 0) is 44.0 Å². The Kier molecular flexibility index (Phi) is 4.20. The fourth-order valence-corrected chi connectivity index (χ4v) is 3.75. The van der Waals surface area contributed by atoms with Crippen LogP contribution < -0.4 is 16.0 Å². The first-order valence-corrected chi connectivity index (χ1v) is 8.87. The molecule has 2 fully saturated rings. The first-order valence-electron chi connectivity index (χ1n) is 8.87. The van der Waals surface area contributed by atoms with Crippen LogP contribution in [0.15, 0.2) is 18.2 Å². The first-order chi connectivity index (χ1) is 12.5. The van der Waals surface area contributed by atoms with Crippen LogP contribution in [0.5, 0.6) is 0 Å². The Hall–Kier alpha value is -2.74. The number of fused-ring (bicyclic) bond motifs is 1. The van der Waals surface area contributed by atoms with Crippen molar-refractivity contribution in [2.45, 2.75) is 37.8 Å². The molecule has 2 atom stereocenters. The smallest absolute Gasteiger partial charge is 0.262 e. The normalized spacial score (nSPS) is 25.5. The third-order valence-corrected chi connectivity index (χ3v) is 5.15. The summed E-state index contributed by atoms with van der Waals surface area (Å²) < 4.78 is 0. The van der Waals surface area contributed by atoms with E-state index in [2.05, 4.69) is 16.0 Å². The maximum atomic E-state index is 12.7. The molecule has 0 radical (unpaired) electrons. The van der Waals surface area contributed by atoms with E-state index in [9.17, 15) is 19.2 Å². The summed E-state index contributed by atoms with van der Waals surface area (Å²) in [6.45, 7) is 1.77. The van der Waals surface area contributed by atoms with Gasteiger partial charge < -0.3 is 10.6 Å². The molecule has 136 valence electrons. The van der Waals surface area contributed by atoms with Crippen molar-refractivity contribution >= 4 is 29.3 Å². The molecule has 26 heavy (non-hydrogen) atoms. The van der Waals surface area contributed by atoms with E-state index in [1.807, 2.05) is 0 Å². The zero-order chi connectivity index (χ0) is 18.3. The van der Waals surface area contributed by atoms with Gasteiger partial charge in [0.05, 0.1) is 11.1 Å². The number of carbonyl (C=O) groups is 4. The van der Waals surface area contributed by atoms with E-state index in [-0.39, 0.29) is 18.7 Å². The molecule has 4 amide bonds. The second kappa shape index (κ2) is 6.53. The summed E-state index contributed by atoms with van der Waals surface area (Å²) in [7, 11) is 0. The average molecular weight is 356 g/mol. The van der Waals surface area contributed by atoms with Crippen LogP contribution in [-0.2, 0) is 9.59 Å². The molecular formula is C18H20N4O4. The number of hydrogen-bond donors (Lipinski definition) is 3. The predicted octanol–water partition coefficient (Wildman–Crippen LogP) is 0.252. The van der Waals surface area contributed by atoms with Gasteiger partial charge in [0, 0.05) is 24.7 Å². The number of amides is 4. The van der Waals surface area contributed by atoms with Crippen molar-refractivity contribution in [1.29, 1.82) is 0 Å². The average Bonchev–Trinajstić information content (AvgIpc) is 3.22. The minimum absolute atomic E-state index is 0.116. The highest BCUT2D eigenvalue weighted by molar-refractivity contribution is 6.23. The Bertz CT molecular complexity index is 800. The van der Waals surface area contributed by atoms with E-state index in [1.165, 1.54) is 0 Å². The molecule has 3 heterocycles. The third-order valence-electron chi connectivity index (χ3n) is 5.15. The molecule has 0 aliphatic carbocycles. The van der Waals surface area contributed by atoms with E-state index in [0.29, 0.717) is 17.2 Å². The zero-order valence-electron chi connectivity index (χ0n) is 14.2. The molecule has 1 aromatic carbocycles. The lowest BCUT2D eigenvalue weighted by atomic mass is 10.0. The summed E-state index contributed by atoms with van der Waals surface area (Å²) in [5.74, 6) is -1.94. The Morgan fingerprint density at radius 3 is 2.62 bits per heavy atom. The van der Waals surface area contributed by atoms with Gasteiger partial charge in [0.1, 0.15) is 6.04 Å². The Balaban J connectivity index is 1.52. The maximum absolute atomic E-state index is 12.7. The molecule has 3 N–H and O–H groups in total. The van der Waals surface area contributed by atoms with Crippen LogP contribution in [0, 0.1) is 0 Å². The number of rotatable bonds is 4. The number of anilines is 1. The van der Waals surface area contributed by atoms with Gasteiger partial charge in [0.15, 0.2) is 0 Å². The van der Waals surface area contributed by atoms with E-state index in [0.717, 1.165) is 36.5 Å². The number of carbonyl (C=O) groups excluding carboxylic acids is 4. The summed E-state index contributed by atoms with van der Waals surface area (Å²) in [5.41, 5.74) is 1.36. The van der Waals surface area contributed by atoms with E-state index in [4.69, 9.17) is 0 Å². The predicted molar refractivity (Wildman–Crippen MR) is 92.6 cm³/mol. The summed E-state index contributed by atoms with van der Waals surface area (Å²) in [6, 6.07) is 4.52. The van der Waals surface area contributed by atoms with Crippen molar-refractivity contribution in [3.8, 4) is 0 Å². The highest BCUT2D eigenvalue weighted by Crippen LogP contribution is 2.29. The van der Waals surface area contributed by atoms with E-state index in [1.54, 1.807) is 18.2 Å². The molecule has 0 saturated carbocycles. The van der Waals surface area contributed by atoms with Crippen molar-refractivity contribution in [3.05, 3.63) is 29.3 Å². The number of nitrogens with one attached hydrogen (secondary N) is 3. The topological polar surface area (TPSA) is 108 Å². The number of nitrogens with zero attached hydrogens (tertiary/aromatic N) is 1.